The molecule has 1 rings (SSSR count). The van der Waals surface area contributed by atoms with Crippen molar-refractivity contribution in [1.29, 1.82) is 0 Å². The predicted molar refractivity (Wildman–Crippen MR) is 80.4 cm³/mol. The molecule has 0 aromatic heterocycles. The zero-order valence-corrected chi connectivity index (χ0v) is 13.9. The van der Waals surface area contributed by atoms with Gasteiger partial charge in [0, 0.05) is 19.3 Å². The average molecular weight is 336 g/mol. The average Bonchev–Trinajstić information content (AvgIpc) is 2.44. The number of unbranched alkanes of at least 4 members (excludes halogenated alkanes) is 1. The molecule has 0 aliphatic heterocycles. The lowest BCUT2D eigenvalue weighted by atomic mass is 10.1. The number of rotatable bonds is 9. The molecule has 0 bridgehead atoms. The van der Waals surface area contributed by atoms with Crippen LogP contribution in [0, 0.1) is 0 Å². The SMILES string of the molecule is CCO[Si](O)(CCCCc1ccc(C(F)(F)F)cc1)OCC. The molecular weight excluding hydrogens is 313 g/mol. The molecule has 1 aromatic carbocycles. The Morgan fingerprint density at radius 3 is 2.00 bits per heavy atom. The van der Waals surface area contributed by atoms with Crippen LogP contribution in [-0.2, 0) is 21.4 Å². The summed E-state index contributed by atoms with van der Waals surface area (Å²) in [6.07, 6.45) is -2.15. The Hall–Kier alpha value is -0.893. The molecule has 0 spiro atoms. The molecule has 0 saturated heterocycles. The topological polar surface area (TPSA) is 38.7 Å². The zero-order chi connectivity index (χ0) is 16.6. The molecule has 0 atom stereocenters. The number of hydrogen-bond acceptors (Lipinski definition) is 3. The molecule has 0 aliphatic carbocycles. The summed E-state index contributed by atoms with van der Waals surface area (Å²) in [5, 5.41) is 0. The molecule has 7 heteroatoms. The summed E-state index contributed by atoms with van der Waals surface area (Å²) in [7, 11) is -3.07. The number of halogens is 3. The lowest BCUT2D eigenvalue weighted by molar-refractivity contribution is -0.137. The fraction of sp³-hybridized carbons (Fsp3) is 0.600. The van der Waals surface area contributed by atoms with Gasteiger partial charge in [0.25, 0.3) is 0 Å². The van der Waals surface area contributed by atoms with E-state index in [4.69, 9.17) is 8.85 Å². The second kappa shape index (κ2) is 8.66. The van der Waals surface area contributed by atoms with E-state index >= 15 is 0 Å². The van der Waals surface area contributed by atoms with Gasteiger partial charge in [-0.15, -0.1) is 0 Å². The summed E-state index contributed by atoms with van der Waals surface area (Å²) in [5.74, 6) is 0. The highest BCUT2D eigenvalue weighted by Crippen LogP contribution is 2.29. The van der Waals surface area contributed by atoms with Crippen molar-refractivity contribution in [3.05, 3.63) is 35.4 Å². The van der Waals surface area contributed by atoms with Gasteiger partial charge >= 0.3 is 15.0 Å². The molecule has 1 aromatic rings. The molecule has 0 aliphatic rings. The highest BCUT2D eigenvalue weighted by atomic mass is 28.4. The summed E-state index contributed by atoms with van der Waals surface area (Å²) in [6, 6.07) is 5.66. The number of aryl methyl sites for hydroxylation is 1. The van der Waals surface area contributed by atoms with Crippen molar-refractivity contribution >= 4 is 8.80 Å². The highest BCUT2D eigenvalue weighted by Gasteiger charge is 2.35. The quantitative estimate of drug-likeness (QED) is 0.546. The van der Waals surface area contributed by atoms with E-state index in [0.717, 1.165) is 24.1 Å². The Morgan fingerprint density at radius 1 is 1.00 bits per heavy atom. The Balaban J connectivity index is 2.41. The minimum absolute atomic E-state index is 0.404. The smallest absolute Gasteiger partial charge is 0.390 e. The molecule has 0 fully saturated rings. The molecule has 0 heterocycles. The molecule has 1 N–H and O–H groups in total. The third-order valence-electron chi connectivity index (χ3n) is 3.23. The van der Waals surface area contributed by atoms with Crippen LogP contribution in [0.25, 0.3) is 0 Å². The summed E-state index contributed by atoms with van der Waals surface area (Å²) >= 11 is 0. The van der Waals surface area contributed by atoms with Crippen LogP contribution in [0.3, 0.4) is 0 Å². The van der Waals surface area contributed by atoms with E-state index in [1.54, 1.807) is 13.8 Å². The Kier molecular flexibility index (Phi) is 7.54. The van der Waals surface area contributed by atoms with Crippen LogP contribution < -0.4 is 0 Å². The van der Waals surface area contributed by atoms with E-state index < -0.39 is 20.5 Å². The summed E-state index contributed by atoms with van der Waals surface area (Å²) in [4.78, 5) is 10.2. The molecule has 0 radical (unpaired) electrons. The largest absolute Gasteiger partial charge is 0.498 e. The Bertz CT molecular complexity index is 429. The fourth-order valence-electron chi connectivity index (χ4n) is 2.17. The van der Waals surface area contributed by atoms with Crippen LogP contribution in [0.15, 0.2) is 24.3 Å². The van der Waals surface area contributed by atoms with Crippen molar-refractivity contribution in [1.82, 2.24) is 0 Å². The number of alkyl halides is 3. The molecule has 3 nitrogen and oxygen atoms in total. The lowest BCUT2D eigenvalue weighted by Gasteiger charge is -2.22. The second-order valence-electron chi connectivity index (χ2n) is 4.98. The lowest BCUT2D eigenvalue weighted by Crippen LogP contribution is -2.42. The maximum atomic E-state index is 12.5. The summed E-state index contributed by atoms with van der Waals surface area (Å²) in [6.45, 7) is 4.42. The van der Waals surface area contributed by atoms with Crippen LogP contribution in [0.4, 0.5) is 13.2 Å². The van der Waals surface area contributed by atoms with E-state index in [1.165, 1.54) is 12.1 Å². The number of hydrogen-bond donors (Lipinski definition) is 1. The van der Waals surface area contributed by atoms with Crippen LogP contribution >= 0.6 is 0 Å². The van der Waals surface area contributed by atoms with Gasteiger partial charge in [0.05, 0.1) is 5.56 Å². The van der Waals surface area contributed by atoms with Crippen LogP contribution in [-0.4, -0.2) is 26.8 Å². The van der Waals surface area contributed by atoms with Crippen LogP contribution in [0.1, 0.15) is 37.8 Å². The Morgan fingerprint density at radius 2 is 1.55 bits per heavy atom. The first kappa shape index (κ1) is 19.2. The van der Waals surface area contributed by atoms with Crippen molar-refractivity contribution in [2.75, 3.05) is 13.2 Å². The van der Waals surface area contributed by atoms with Gasteiger partial charge in [-0.1, -0.05) is 12.1 Å². The van der Waals surface area contributed by atoms with Gasteiger partial charge in [-0.3, -0.25) is 0 Å². The first-order valence-electron chi connectivity index (χ1n) is 7.47. The minimum atomic E-state index is -4.30. The zero-order valence-electron chi connectivity index (χ0n) is 12.9. The minimum Gasteiger partial charge on any atom is -0.390 e. The third kappa shape index (κ3) is 6.47. The van der Waals surface area contributed by atoms with Crippen molar-refractivity contribution in [2.24, 2.45) is 0 Å². The normalized spacial score (nSPS) is 12.6. The van der Waals surface area contributed by atoms with Gasteiger partial charge in [-0.25, -0.2) is 0 Å². The van der Waals surface area contributed by atoms with Gasteiger partial charge in [0.15, 0.2) is 0 Å². The Labute approximate surface area is 130 Å². The first-order valence-corrected chi connectivity index (χ1v) is 9.44. The standard InChI is InChI=1S/C15H23F3O3Si/c1-3-20-22(19,21-4-2)12-6-5-7-13-8-10-14(11-9-13)15(16,17)18/h8-11,19H,3-7,12H2,1-2H3. The molecule has 0 unspecified atom stereocenters. The van der Waals surface area contributed by atoms with Gasteiger partial charge in [-0.05, 0) is 50.8 Å². The predicted octanol–water partition coefficient (Wildman–Crippen LogP) is 4.03. The van der Waals surface area contributed by atoms with Crippen molar-refractivity contribution < 1.29 is 26.8 Å². The maximum Gasteiger partial charge on any atom is 0.498 e. The highest BCUT2D eigenvalue weighted by molar-refractivity contribution is 6.59. The van der Waals surface area contributed by atoms with Gasteiger partial charge in [0.2, 0.25) is 0 Å². The van der Waals surface area contributed by atoms with Crippen LogP contribution in [0.2, 0.25) is 6.04 Å². The first-order chi connectivity index (χ1) is 10.3. The number of benzene rings is 1. The van der Waals surface area contributed by atoms with Gasteiger partial charge in [0.1, 0.15) is 0 Å². The molecule has 0 amide bonds. The van der Waals surface area contributed by atoms with Gasteiger partial charge in [-0.2, -0.15) is 13.2 Å². The van der Waals surface area contributed by atoms with Crippen molar-refractivity contribution in [3.63, 3.8) is 0 Å². The van der Waals surface area contributed by atoms with E-state index in [9.17, 15) is 18.0 Å². The van der Waals surface area contributed by atoms with E-state index in [1.807, 2.05) is 0 Å². The molecular formula is C15H23F3O3Si. The monoisotopic (exact) mass is 336 g/mol. The van der Waals surface area contributed by atoms with Crippen molar-refractivity contribution in [2.45, 2.75) is 45.3 Å². The van der Waals surface area contributed by atoms with E-state index in [2.05, 4.69) is 0 Å². The van der Waals surface area contributed by atoms with E-state index in [0.29, 0.717) is 32.1 Å². The van der Waals surface area contributed by atoms with Gasteiger partial charge < -0.3 is 13.6 Å². The van der Waals surface area contributed by atoms with E-state index in [-0.39, 0.29) is 0 Å². The van der Waals surface area contributed by atoms with Crippen molar-refractivity contribution in [3.8, 4) is 0 Å². The molecule has 22 heavy (non-hydrogen) atoms. The van der Waals surface area contributed by atoms with Crippen LogP contribution in [0.5, 0.6) is 0 Å². The second-order valence-corrected chi connectivity index (χ2v) is 7.48. The molecule has 0 saturated carbocycles. The third-order valence-corrected chi connectivity index (χ3v) is 5.69. The summed E-state index contributed by atoms with van der Waals surface area (Å²) < 4.78 is 48.0. The summed E-state index contributed by atoms with van der Waals surface area (Å²) in [5.41, 5.74) is 0.219. The maximum absolute atomic E-state index is 12.5. The molecule has 126 valence electrons. The fourth-order valence-corrected chi connectivity index (χ4v) is 4.15.